The van der Waals surface area contributed by atoms with Crippen LogP contribution in [0.15, 0.2) is 65.9 Å². The van der Waals surface area contributed by atoms with E-state index in [2.05, 4.69) is 41.4 Å². The molecule has 0 saturated carbocycles. The van der Waals surface area contributed by atoms with Crippen LogP contribution in [0.4, 0.5) is 5.69 Å². The minimum atomic E-state index is 0. The van der Waals surface area contributed by atoms with Crippen molar-refractivity contribution in [2.75, 3.05) is 5.32 Å². The number of nitrogens with one attached hydrogen (secondary N) is 1. The zero-order valence-electron chi connectivity index (χ0n) is 14.3. The lowest BCUT2D eigenvalue weighted by molar-refractivity contribution is 0.879. The lowest BCUT2D eigenvalue weighted by atomic mass is 10.1. The smallest absolute Gasteiger partial charge is 0.193 e. The molecular formula is C19H22IN5. The molecule has 0 aliphatic rings. The molecule has 0 saturated heterocycles. The van der Waals surface area contributed by atoms with Crippen LogP contribution in [0.1, 0.15) is 16.7 Å². The van der Waals surface area contributed by atoms with E-state index in [1.165, 1.54) is 11.1 Å². The Morgan fingerprint density at radius 2 is 1.88 bits per heavy atom. The molecule has 0 unspecified atom stereocenters. The van der Waals surface area contributed by atoms with E-state index in [1.54, 1.807) is 6.20 Å². The van der Waals surface area contributed by atoms with Gasteiger partial charge in [-0.3, -0.25) is 0 Å². The van der Waals surface area contributed by atoms with Crippen molar-refractivity contribution in [1.29, 1.82) is 0 Å². The predicted molar refractivity (Wildman–Crippen MR) is 114 cm³/mol. The van der Waals surface area contributed by atoms with Crippen LogP contribution in [0.5, 0.6) is 0 Å². The molecule has 3 rings (SSSR count). The Balaban J connectivity index is 0.00000225. The van der Waals surface area contributed by atoms with Gasteiger partial charge in [0, 0.05) is 17.4 Å². The van der Waals surface area contributed by atoms with Gasteiger partial charge in [0.15, 0.2) is 5.96 Å². The molecule has 3 aromatic rings. The number of aliphatic imine (C=N–C) groups is 1. The van der Waals surface area contributed by atoms with Crippen molar-refractivity contribution in [2.45, 2.75) is 20.4 Å². The van der Waals surface area contributed by atoms with Crippen LogP contribution < -0.4 is 11.1 Å². The van der Waals surface area contributed by atoms with Crippen LogP contribution in [-0.2, 0) is 6.54 Å². The summed E-state index contributed by atoms with van der Waals surface area (Å²) >= 11 is 0. The van der Waals surface area contributed by atoms with E-state index >= 15 is 0 Å². The number of anilines is 1. The first-order valence-corrected chi connectivity index (χ1v) is 7.85. The number of rotatable bonds is 4. The lowest BCUT2D eigenvalue weighted by Crippen LogP contribution is -2.22. The second-order valence-electron chi connectivity index (χ2n) is 5.75. The first kappa shape index (κ1) is 19.0. The topological polar surface area (TPSA) is 68.2 Å². The minimum Gasteiger partial charge on any atom is -0.370 e. The van der Waals surface area contributed by atoms with Gasteiger partial charge in [-0.1, -0.05) is 24.3 Å². The molecule has 0 bridgehead atoms. The maximum absolute atomic E-state index is 5.97. The Hall–Kier alpha value is -2.35. The number of aryl methyl sites for hydroxylation is 2. The standard InChI is InChI=1S/C19H21N5.HI/c1-14-8-9-17(10-15(14)2)23-19(20)21-11-16-12-22-24(13-16)18-6-4-3-5-7-18;/h3-10,12-13H,11H2,1-2H3,(H3,20,21,23);1H. The van der Waals surface area contributed by atoms with Gasteiger partial charge in [-0.15, -0.1) is 24.0 Å². The van der Waals surface area contributed by atoms with Gasteiger partial charge in [-0.05, 0) is 49.2 Å². The predicted octanol–water partition coefficient (Wildman–Crippen LogP) is 4.03. The van der Waals surface area contributed by atoms with Crippen LogP contribution in [0.3, 0.4) is 0 Å². The monoisotopic (exact) mass is 447 g/mol. The molecule has 0 atom stereocenters. The summed E-state index contributed by atoms with van der Waals surface area (Å²) in [4.78, 5) is 4.38. The van der Waals surface area contributed by atoms with Crippen molar-refractivity contribution in [2.24, 2.45) is 10.7 Å². The number of aromatic nitrogens is 2. The third-order valence-corrected chi connectivity index (χ3v) is 3.87. The molecule has 0 fully saturated rings. The second-order valence-corrected chi connectivity index (χ2v) is 5.75. The number of nitrogens with two attached hydrogens (primary N) is 1. The van der Waals surface area contributed by atoms with Gasteiger partial charge in [0.25, 0.3) is 0 Å². The number of hydrogen-bond donors (Lipinski definition) is 2. The van der Waals surface area contributed by atoms with Gasteiger partial charge >= 0.3 is 0 Å². The number of benzene rings is 2. The minimum absolute atomic E-state index is 0. The average molecular weight is 447 g/mol. The Bertz CT molecular complexity index is 855. The van der Waals surface area contributed by atoms with Crippen LogP contribution in [0.2, 0.25) is 0 Å². The third kappa shape index (κ3) is 5.06. The highest BCUT2D eigenvalue weighted by Crippen LogP contribution is 2.14. The molecule has 0 aliphatic heterocycles. The van der Waals surface area contributed by atoms with E-state index in [0.717, 1.165) is 16.9 Å². The molecule has 0 spiro atoms. The van der Waals surface area contributed by atoms with Crippen molar-refractivity contribution in [3.8, 4) is 5.69 Å². The normalized spacial score (nSPS) is 11.0. The number of nitrogens with zero attached hydrogens (tertiary/aromatic N) is 3. The summed E-state index contributed by atoms with van der Waals surface area (Å²) in [5.74, 6) is 0.394. The summed E-state index contributed by atoms with van der Waals surface area (Å²) in [6.07, 6.45) is 3.77. The highest BCUT2D eigenvalue weighted by Gasteiger charge is 2.01. The van der Waals surface area contributed by atoms with Crippen molar-refractivity contribution in [3.05, 3.63) is 77.6 Å². The maximum atomic E-state index is 5.97. The van der Waals surface area contributed by atoms with Crippen molar-refractivity contribution in [3.63, 3.8) is 0 Å². The highest BCUT2D eigenvalue weighted by atomic mass is 127. The molecule has 130 valence electrons. The van der Waals surface area contributed by atoms with Crippen molar-refractivity contribution in [1.82, 2.24) is 9.78 Å². The summed E-state index contributed by atoms with van der Waals surface area (Å²) in [7, 11) is 0. The van der Waals surface area contributed by atoms with E-state index in [-0.39, 0.29) is 24.0 Å². The zero-order chi connectivity index (χ0) is 16.9. The summed E-state index contributed by atoms with van der Waals surface area (Å²) in [6.45, 7) is 4.64. The molecule has 0 aliphatic carbocycles. The SMILES string of the molecule is Cc1ccc(NC(N)=NCc2cnn(-c3ccccc3)c2)cc1C.I. The van der Waals surface area contributed by atoms with Crippen LogP contribution in [0, 0.1) is 13.8 Å². The first-order chi connectivity index (χ1) is 11.6. The van der Waals surface area contributed by atoms with Crippen LogP contribution >= 0.6 is 24.0 Å². The molecule has 25 heavy (non-hydrogen) atoms. The zero-order valence-corrected chi connectivity index (χ0v) is 16.6. The highest BCUT2D eigenvalue weighted by molar-refractivity contribution is 14.0. The molecule has 2 aromatic carbocycles. The summed E-state index contributed by atoms with van der Waals surface area (Å²) in [5.41, 5.74) is 11.4. The van der Waals surface area contributed by atoms with Gasteiger partial charge < -0.3 is 11.1 Å². The van der Waals surface area contributed by atoms with E-state index < -0.39 is 0 Å². The lowest BCUT2D eigenvalue weighted by Gasteiger charge is -2.07. The third-order valence-electron chi connectivity index (χ3n) is 3.87. The molecule has 0 radical (unpaired) electrons. The van der Waals surface area contributed by atoms with Gasteiger partial charge in [0.1, 0.15) is 0 Å². The largest absolute Gasteiger partial charge is 0.370 e. The Morgan fingerprint density at radius 3 is 2.60 bits per heavy atom. The molecule has 6 heteroatoms. The van der Waals surface area contributed by atoms with E-state index in [4.69, 9.17) is 5.73 Å². The molecular weight excluding hydrogens is 425 g/mol. The number of guanidine groups is 1. The van der Waals surface area contributed by atoms with Crippen LogP contribution in [-0.4, -0.2) is 15.7 Å². The molecule has 1 aromatic heterocycles. The quantitative estimate of drug-likeness (QED) is 0.361. The van der Waals surface area contributed by atoms with Crippen molar-refractivity contribution >= 4 is 35.6 Å². The van der Waals surface area contributed by atoms with E-state index in [9.17, 15) is 0 Å². The Morgan fingerprint density at radius 1 is 1.12 bits per heavy atom. The molecule has 3 N–H and O–H groups in total. The Kier molecular flexibility index (Phi) is 6.58. The van der Waals surface area contributed by atoms with Gasteiger partial charge in [-0.2, -0.15) is 5.10 Å². The number of para-hydroxylation sites is 1. The summed E-state index contributed by atoms with van der Waals surface area (Å²) in [5, 5.41) is 7.48. The summed E-state index contributed by atoms with van der Waals surface area (Å²) < 4.78 is 1.83. The molecule has 0 amide bonds. The van der Waals surface area contributed by atoms with E-state index in [1.807, 2.05) is 47.3 Å². The fourth-order valence-corrected chi connectivity index (χ4v) is 2.35. The van der Waals surface area contributed by atoms with Gasteiger partial charge in [-0.25, -0.2) is 9.67 Å². The molecule has 5 nitrogen and oxygen atoms in total. The average Bonchev–Trinajstić information content (AvgIpc) is 3.06. The van der Waals surface area contributed by atoms with Crippen LogP contribution in [0.25, 0.3) is 5.69 Å². The Labute approximate surface area is 165 Å². The fraction of sp³-hybridized carbons (Fsp3) is 0.158. The van der Waals surface area contributed by atoms with Gasteiger partial charge in [0.2, 0.25) is 0 Å². The summed E-state index contributed by atoms with van der Waals surface area (Å²) in [6, 6.07) is 16.1. The van der Waals surface area contributed by atoms with Crippen molar-refractivity contribution < 1.29 is 0 Å². The maximum Gasteiger partial charge on any atom is 0.193 e. The first-order valence-electron chi connectivity index (χ1n) is 7.85. The second kappa shape index (κ2) is 8.66. The number of hydrogen-bond acceptors (Lipinski definition) is 2. The van der Waals surface area contributed by atoms with Gasteiger partial charge in [0.05, 0.1) is 18.4 Å². The fourth-order valence-electron chi connectivity index (χ4n) is 2.35. The molecule has 1 heterocycles. The number of halogens is 1. The van der Waals surface area contributed by atoms with E-state index in [0.29, 0.717) is 12.5 Å².